The zero-order valence-electron chi connectivity index (χ0n) is 31.0. The summed E-state index contributed by atoms with van der Waals surface area (Å²) in [4.78, 5) is 19.3. The number of hydrogen-bond acceptors (Lipinski definition) is 8. The number of nitrogens with zero attached hydrogens (tertiary/aromatic N) is 5. The third-order valence-corrected chi connectivity index (χ3v) is 20.7. The van der Waals surface area contributed by atoms with E-state index in [1.165, 1.54) is 0 Å². The molecule has 3 aromatic heterocycles. The van der Waals surface area contributed by atoms with Gasteiger partial charge in [-0.05, 0) is 80.1 Å². The van der Waals surface area contributed by atoms with Crippen LogP contribution in [0.4, 0.5) is 0 Å². The van der Waals surface area contributed by atoms with Crippen LogP contribution in [0.2, 0.25) is 41.3 Å². The van der Waals surface area contributed by atoms with E-state index in [4.69, 9.17) is 39.9 Å². The number of fused-ring (bicyclic) bond motifs is 2. The number of ether oxygens (including phenoxy) is 2. The van der Waals surface area contributed by atoms with Crippen molar-refractivity contribution in [1.29, 1.82) is 0 Å². The van der Waals surface area contributed by atoms with E-state index in [0.29, 0.717) is 35.3 Å². The van der Waals surface area contributed by atoms with Crippen LogP contribution in [0.1, 0.15) is 79.9 Å². The molecule has 0 N–H and O–H groups in total. The van der Waals surface area contributed by atoms with E-state index in [0.717, 1.165) is 54.4 Å². The highest BCUT2D eigenvalue weighted by Crippen LogP contribution is 2.44. The molecule has 2 aliphatic rings. The van der Waals surface area contributed by atoms with E-state index in [1.807, 2.05) is 24.3 Å². The normalized spacial score (nSPS) is 22.7. The van der Waals surface area contributed by atoms with Crippen molar-refractivity contribution < 1.29 is 18.3 Å². The van der Waals surface area contributed by atoms with Gasteiger partial charge in [0.15, 0.2) is 27.8 Å². The van der Waals surface area contributed by atoms with Crippen LogP contribution < -0.4 is 4.74 Å². The maximum Gasteiger partial charge on any atom is 0.245 e. The molecule has 1 saturated carbocycles. The Morgan fingerprint density at radius 1 is 0.939 bits per heavy atom. The molecule has 266 valence electrons. The fourth-order valence-electron chi connectivity index (χ4n) is 6.38. The van der Waals surface area contributed by atoms with Crippen LogP contribution in [0, 0.1) is 5.92 Å². The van der Waals surface area contributed by atoms with E-state index < -0.39 is 16.6 Å². The first kappa shape index (κ1) is 36.4. The zero-order valence-corrected chi connectivity index (χ0v) is 33.7. The zero-order chi connectivity index (χ0) is 35.4. The van der Waals surface area contributed by atoms with Crippen LogP contribution in [0.25, 0.3) is 33.5 Å². The molecule has 2 fully saturated rings. The fourth-order valence-corrected chi connectivity index (χ4v) is 9.01. The molecule has 1 aromatic carbocycles. The Morgan fingerprint density at radius 3 is 2.39 bits per heavy atom. The summed E-state index contributed by atoms with van der Waals surface area (Å²) in [6.07, 6.45) is 7.73. The summed E-state index contributed by atoms with van der Waals surface area (Å²) in [7, 11) is -3.99. The Balaban J connectivity index is 1.36. The van der Waals surface area contributed by atoms with Gasteiger partial charge in [-0.15, -0.1) is 0 Å². The molecule has 0 radical (unpaired) electrons. The van der Waals surface area contributed by atoms with Crippen molar-refractivity contribution in [2.75, 3.05) is 13.2 Å². The van der Waals surface area contributed by atoms with Crippen molar-refractivity contribution >= 4 is 50.3 Å². The summed E-state index contributed by atoms with van der Waals surface area (Å²) < 4.78 is 29.2. The highest BCUT2D eigenvalue weighted by Gasteiger charge is 2.46. The van der Waals surface area contributed by atoms with Crippen LogP contribution in [0.3, 0.4) is 0 Å². The maximum absolute atomic E-state index is 7.10. The van der Waals surface area contributed by atoms with Gasteiger partial charge in [0.25, 0.3) is 0 Å². The number of pyridine rings is 1. The lowest BCUT2D eigenvalue weighted by atomic mass is 10.1. The van der Waals surface area contributed by atoms with Crippen LogP contribution in [-0.2, 0) is 13.6 Å². The number of rotatable bonds is 9. The quantitative estimate of drug-likeness (QED) is 0.158. The van der Waals surface area contributed by atoms with Gasteiger partial charge in [0.1, 0.15) is 24.5 Å². The Labute approximate surface area is 298 Å². The van der Waals surface area contributed by atoms with Crippen molar-refractivity contribution in [2.45, 2.75) is 128 Å². The van der Waals surface area contributed by atoms with Gasteiger partial charge in [0, 0.05) is 47.7 Å². The molecule has 49 heavy (non-hydrogen) atoms. The highest BCUT2D eigenvalue weighted by molar-refractivity contribution is 6.74. The van der Waals surface area contributed by atoms with E-state index in [9.17, 15) is 0 Å². The maximum atomic E-state index is 7.10. The standard InChI is InChI=1S/C37H54ClN5O4Si2/c1-36(2,3)48(7,8)45-22-24-19-26(21-30(24)47-49(9,10)37(4,5)6)46-35-32-34(40-23-41-35)43(31-13-11-12-18-44-31)33(42-32)28-16-17-39-29-20-25(38)14-15-27(28)29/h14-17,20,23-24,26,30-31H,11-13,18-19,21-22H2,1-10H3/t24-,26+,30-,31?/m0/s1. The summed E-state index contributed by atoms with van der Waals surface area (Å²) in [5.41, 5.74) is 3.08. The lowest BCUT2D eigenvalue weighted by molar-refractivity contribution is -0.0287. The average Bonchev–Trinajstić information content (AvgIpc) is 3.60. The third-order valence-electron chi connectivity index (χ3n) is 11.4. The van der Waals surface area contributed by atoms with Crippen molar-refractivity contribution in [3.05, 3.63) is 41.8 Å². The minimum absolute atomic E-state index is 0.0479. The number of hydrogen-bond donors (Lipinski definition) is 0. The van der Waals surface area contributed by atoms with Gasteiger partial charge in [0.2, 0.25) is 5.88 Å². The smallest absolute Gasteiger partial charge is 0.245 e. The topological polar surface area (TPSA) is 93.4 Å². The van der Waals surface area contributed by atoms with Gasteiger partial charge in [0.05, 0.1) is 11.6 Å². The lowest BCUT2D eigenvalue weighted by Crippen LogP contribution is -2.46. The van der Waals surface area contributed by atoms with Crippen LogP contribution >= 0.6 is 11.6 Å². The third kappa shape index (κ3) is 7.48. The molecule has 4 atom stereocenters. The summed E-state index contributed by atoms with van der Waals surface area (Å²) in [5.74, 6) is 1.47. The van der Waals surface area contributed by atoms with Gasteiger partial charge in [-0.25, -0.2) is 9.97 Å². The van der Waals surface area contributed by atoms with Gasteiger partial charge in [-0.1, -0.05) is 59.2 Å². The summed E-state index contributed by atoms with van der Waals surface area (Å²) in [5, 5.41) is 1.83. The Hall–Kier alpha value is -2.42. The van der Waals surface area contributed by atoms with Crippen molar-refractivity contribution in [2.24, 2.45) is 5.92 Å². The number of halogens is 1. The van der Waals surface area contributed by atoms with E-state index in [-0.39, 0.29) is 34.4 Å². The molecule has 4 aromatic rings. The van der Waals surface area contributed by atoms with Crippen LogP contribution in [0.5, 0.6) is 5.88 Å². The van der Waals surface area contributed by atoms with Crippen LogP contribution in [-0.4, -0.2) is 66.6 Å². The number of benzene rings is 1. The fraction of sp³-hybridized carbons (Fsp3) is 0.622. The average molecular weight is 724 g/mol. The van der Waals surface area contributed by atoms with E-state index >= 15 is 0 Å². The van der Waals surface area contributed by atoms with E-state index in [2.05, 4.69) is 82.3 Å². The SMILES string of the molecule is CC(C)(C)[Si](C)(C)OC[C@@H]1C[C@@H](Oc2ncnc3c2nc(-c2ccnc4cc(Cl)ccc24)n3C2CCCCO2)C[C@@H]1O[Si](C)(C)C(C)(C)C. The molecule has 1 unspecified atom stereocenters. The molecule has 12 heteroatoms. The van der Waals surface area contributed by atoms with Gasteiger partial charge >= 0.3 is 0 Å². The molecule has 0 amide bonds. The predicted molar refractivity (Wildman–Crippen MR) is 202 cm³/mol. The Morgan fingerprint density at radius 2 is 1.69 bits per heavy atom. The summed E-state index contributed by atoms with van der Waals surface area (Å²) >= 11 is 6.35. The first-order chi connectivity index (χ1) is 22.9. The molecule has 1 aliphatic carbocycles. The van der Waals surface area contributed by atoms with Crippen molar-refractivity contribution in [1.82, 2.24) is 24.5 Å². The first-order valence-electron chi connectivity index (χ1n) is 17.8. The lowest BCUT2D eigenvalue weighted by Gasteiger charge is -2.41. The molecule has 0 bridgehead atoms. The van der Waals surface area contributed by atoms with Crippen molar-refractivity contribution in [3.8, 4) is 17.3 Å². The molecule has 0 spiro atoms. The molecule has 1 aliphatic heterocycles. The summed E-state index contributed by atoms with van der Waals surface area (Å²) in [6, 6.07) is 7.77. The minimum Gasteiger partial charge on any atom is -0.473 e. The predicted octanol–water partition coefficient (Wildman–Crippen LogP) is 9.96. The minimum atomic E-state index is -2.04. The Kier molecular flexibility index (Phi) is 10.1. The second-order valence-corrected chi connectivity index (χ2v) is 27.0. The second-order valence-electron chi connectivity index (χ2n) is 17.0. The molecule has 9 nitrogen and oxygen atoms in total. The van der Waals surface area contributed by atoms with Crippen LogP contribution in [0.15, 0.2) is 36.8 Å². The largest absolute Gasteiger partial charge is 0.473 e. The first-order valence-corrected chi connectivity index (χ1v) is 24.0. The van der Waals surface area contributed by atoms with Gasteiger partial charge in [-0.2, -0.15) is 4.98 Å². The molecule has 1 saturated heterocycles. The van der Waals surface area contributed by atoms with E-state index in [1.54, 1.807) is 12.5 Å². The summed E-state index contributed by atoms with van der Waals surface area (Å²) in [6.45, 7) is 24.4. The van der Waals surface area contributed by atoms with Crippen molar-refractivity contribution in [3.63, 3.8) is 0 Å². The number of aromatic nitrogens is 5. The number of imidazole rings is 1. The second kappa shape index (κ2) is 13.6. The Bertz CT molecular complexity index is 1800. The van der Waals surface area contributed by atoms with Gasteiger partial charge in [-0.3, -0.25) is 9.55 Å². The van der Waals surface area contributed by atoms with Gasteiger partial charge < -0.3 is 18.3 Å². The monoisotopic (exact) mass is 723 g/mol. The molecule has 4 heterocycles. The molecular weight excluding hydrogens is 670 g/mol. The highest BCUT2D eigenvalue weighted by atomic mass is 35.5. The molecular formula is C37H54ClN5O4Si2. The molecule has 6 rings (SSSR count).